The molecule has 4 bridgehead atoms. The number of hydrogen-bond acceptors (Lipinski definition) is 4. The Kier molecular flexibility index (Phi) is 6.40. The lowest BCUT2D eigenvalue weighted by Crippen LogP contribution is -2.62. The fourth-order valence-corrected chi connectivity index (χ4v) is 7.44. The molecule has 4 aliphatic carbocycles. The van der Waals surface area contributed by atoms with Gasteiger partial charge in [0.25, 0.3) is 5.91 Å². The molecule has 7 heteroatoms. The van der Waals surface area contributed by atoms with Crippen LogP contribution in [0.3, 0.4) is 0 Å². The van der Waals surface area contributed by atoms with Crippen LogP contribution in [0.4, 0.5) is 4.79 Å². The van der Waals surface area contributed by atoms with Crippen LogP contribution in [0.25, 0.3) is 0 Å². The molecule has 34 heavy (non-hydrogen) atoms. The molecule has 0 spiro atoms. The summed E-state index contributed by atoms with van der Waals surface area (Å²) in [4.78, 5) is 40.3. The van der Waals surface area contributed by atoms with Gasteiger partial charge in [-0.15, -0.1) is 0 Å². The van der Waals surface area contributed by atoms with Crippen molar-refractivity contribution < 1.29 is 14.4 Å². The lowest BCUT2D eigenvalue weighted by molar-refractivity contribution is -0.125. The SMILES string of the molecule is Cc1ccccc1C(=O)NC1CCN(C(C)C(=O)NC(=O)NC23CC4CC(CC(C4)C2)C3)CC1. The molecule has 1 aliphatic heterocycles. The van der Waals surface area contributed by atoms with Crippen molar-refractivity contribution in [2.75, 3.05) is 13.1 Å². The lowest BCUT2D eigenvalue weighted by atomic mass is 9.53. The van der Waals surface area contributed by atoms with Gasteiger partial charge in [0.2, 0.25) is 5.91 Å². The second kappa shape index (κ2) is 9.33. The van der Waals surface area contributed by atoms with Gasteiger partial charge in [-0.25, -0.2) is 4.79 Å². The molecule has 7 nitrogen and oxygen atoms in total. The number of rotatable bonds is 5. The van der Waals surface area contributed by atoms with E-state index < -0.39 is 0 Å². The number of imide groups is 1. The fourth-order valence-electron chi connectivity index (χ4n) is 7.44. The molecule has 0 radical (unpaired) electrons. The average Bonchev–Trinajstić information content (AvgIpc) is 2.78. The Bertz CT molecular complexity index is 918. The number of carbonyl (C=O) groups is 3. The number of urea groups is 1. The molecule has 5 aliphatic rings. The molecule has 1 aromatic carbocycles. The maximum atomic E-state index is 12.8. The number of benzene rings is 1. The molecule has 1 unspecified atom stereocenters. The molecule has 1 atom stereocenters. The Hall–Kier alpha value is -2.41. The minimum absolute atomic E-state index is 0.0383. The van der Waals surface area contributed by atoms with Crippen LogP contribution in [0, 0.1) is 24.7 Å². The lowest BCUT2D eigenvalue weighted by Gasteiger charge is -2.56. The molecule has 0 aromatic heterocycles. The third-order valence-electron chi connectivity index (χ3n) is 8.84. The predicted molar refractivity (Wildman–Crippen MR) is 130 cm³/mol. The van der Waals surface area contributed by atoms with Crippen LogP contribution in [0.15, 0.2) is 24.3 Å². The van der Waals surface area contributed by atoms with Crippen LogP contribution in [-0.4, -0.2) is 53.5 Å². The number of nitrogens with one attached hydrogen (secondary N) is 3. The van der Waals surface area contributed by atoms with Gasteiger partial charge >= 0.3 is 6.03 Å². The molecule has 6 rings (SSSR count). The van der Waals surface area contributed by atoms with E-state index in [1.807, 2.05) is 38.1 Å². The Balaban J connectivity index is 1.08. The minimum Gasteiger partial charge on any atom is -0.349 e. The van der Waals surface area contributed by atoms with Crippen LogP contribution < -0.4 is 16.0 Å². The van der Waals surface area contributed by atoms with Crippen molar-refractivity contribution >= 4 is 17.8 Å². The normalized spacial score (nSPS) is 31.6. The van der Waals surface area contributed by atoms with Crippen LogP contribution >= 0.6 is 0 Å². The summed E-state index contributed by atoms with van der Waals surface area (Å²) < 4.78 is 0. The van der Waals surface area contributed by atoms with Crippen molar-refractivity contribution in [3.63, 3.8) is 0 Å². The summed E-state index contributed by atoms with van der Waals surface area (Å²) in [6.07, 6.45) is 8.73. The van der Waals surface area contributed by atoms with Crippen molar-refractivity contribution in [3.8, 4) is 0 Å². The smallest absolute Gasteiger partial charge is 0.321 e. The molecule has 184 valence electrons. The van der Waals surface area contributed by atoms with Crippen molar-refractivity contribution in [1.29, 1.82) is 0 Å². The van der Waals surface area contributed by atoms with Crippen molar-refractivity contribution in [2.24, 2.45) is 17.8 Å². The second-order valence-electron chi connectivity index (χ2n) is 11.4. The Morgan fingerprint density at radius 2 is 1.56 bits per heavy atom. The molecule has 4 amide bonds. The summed E-state index contributed by atoms with van der Waals surface area (Å²) in [5, 5.41) is 8.99. The van der Waals surface area contributed by atoms with E-state index in [0.717, 1.165) is 55.4 Å². The summed E-state index contributed by atoms with van der Waals surface area (Å²) in [7, 11) is 0. The van der Waals surface area contributed by atoms with Gasteiger partial charge in [-0.2, -0.15) is 0 Å². The zero-order valence-electron chi connectivity index (χ0n) is 20.4. The van der Waals surface area contributed by atoms with E-state index in [1.54, 1.807) is 0 Å². The van der Waals surface area contributed by atoms with E-state index in [1.165, 1.54) is 19.3 Å². The maximum absolute atomic E-state index is 12.8. The monoisotopic (exact) mass is 466 g/mol. The highest BCUT2D eigenvalue weighted by Crippen LogP contribution is 2.55. The number of nitrogens with zero attached hydrogens (tertiary/aromatic N) is 1. The molecule has 1 aromatic rings. The molecule has 3 N–H and O–H groups in total. The summed E-state index contributed by atoms with van der Waals surface area (Å²) in [5.74, 6) is 1.95. The van der Waals surface area contributed by atoms with E-state index in [4.69, 9.17) is 0 Å². The standard InChI is InChI=1S/C27H38N4O3/c1-17-5-3-4-6-23(17)25(33)28-22-7-9-31(10-8-22)18(2)24(32)29-26(34)30-27-14-19-11-20(15-27)13-21(12-19)16-27/h3-6,18-22H,7-16H2,1-2H3,(H,28,33)(H2,29,30,32,34). The van der Waals surface area contributed by atoms with Crippen LogP contribution in [-0.2, 0) is 4.79 Å². The van der Waals surface area contributed by atoms with E-state index in [2.05, 4.69) is 20.9 Å². The first kappa shape index (κ1) is 23.3. The molecule has 4 saturated carbocycles. The summed E-state index contributed by atoms with van der Waals surface area (Å²) in [6.45, 7) is 5.23. The molecule has 5 fully saturated rings. The van der Waals surface area contributed by atoms with Gasteiger partial charge in [0.05, 0.1) is 6.04 Å². The molecule has 1 heterocycles. The van der Waals surface area contributed by atoms with E-state index in [-0.39, 0.29) is 35.5 Å². The first-order chi connectivity index (χ1) is 16.3. The third-order valence-corrected chi connectivity index (χ3v) is 8.84. The second-order valence-corrected chi connectivity index (χ2v) is 11.4. The number of amides is 4. The van der Waals surface area contributed by atoms with Crippen LogP contribution in [0.1, 0.15) is 74.2 Å². The number of piperidine rings is 1. The Morgan fingerprint density at radius 3 is 2.15 bits per heavy atom. The molecule has 1 saturated heterocycles. The first-order valence-corrected chi connectivity index (χ1v) is 13.0. The third kappa shape index (κ3) is 4.85. The highest BCUT2D eigenvalue weighted by molar-refractivity contribution is 5.97. The molecular weight excluding hydrogens is 428 g/mol. The van der Waals surface area contributed by atoms with Crippen molar-refractivity contribution in [3.05, 3.63) is 35.4 Å². The fraction of sp³-hybridized carbons (Fsp3) is 0.667. The highest BCUT2D eigenvalue weighted by Gasteiger charge is 2.51. The van der Waals surface area contributed by atoms with Gasteiger partial charge in [-0.05, 0) is 94.6 Å². The van der Waals surface area contributed by atoms with Crippen LogP contribution in [0.5, 0.6) is 0 Å². The van der Waals surface area contributed by atoms with Crippen LogP contribution in [0.2, 0.25) is 0 Å². The average molecular weight is 467 g/mol. The number of aryl methyl sites for hydroxylation is 1. The maximum Gasteiger partial charge on any atom is 0.321 e. The van der Waals surface area contributed by atoms with Gasteiger partial charge in [0.15, 0.2) is 0 Å². The van der Waals surface area contributed by atoms with E-state index in [9.17, 15) is 14.4 Å². The van der Waals surface area contributed by atoms with Gasteiger partial charge in [-0.3, -0.25) is 19.8 Å². The van der Waals surface area contributed by atoms with Crippen molar-refractivity contribution in [2.45, 2.75) is 82.8 Å². The van der Waals surface area contributed by atoms with Gasteiger partial charge in [0.1, 0.15) is 0 Å². The summed E-state index contributed by atoms with van der Waals surface area (Å²) in [5.41, 5.74) is 1.58. The summed E-state index contributed by atoms with van der Waals surface area (Å²) >= 11 is 0. The zero-order valence-corrected chi connectivity index (χ0v) is 20.4. The minimum atomic E-state index is -0.380. The van der Waals surface area contributed by atoms with E-state index in [0.29, 0.717) is 18.7 Å². The summed E-state index contributed by atoms with van der Waals surface area (Å²) in [6, 6.07) is 6.98. The largest absolute Gasteiger partial charge is 0.349 e. The number of carbonyl (C=O) groups excluding carboxylic acids is 3. The topological polar surface area (TPSA) is 90.5 Å². The molecular formula is C27H38N4O3. The quantitative estimate of drug-likeness (QED) is 0.621. The number of hydrogen-bond donors (Lipinski definition) is 3. The zero-order chi connectivity index (χ0) is 23.9. The first-order valence-electron chi connectivity index (χ1n) is 13.0. The van der Waals surface area contributed by atoms with E-state index >= 15 is 0 Å². The van der Waals surface area contributed by atoms with Gasteiger partial charge < -0.3 is 10.6 Å². The Morgan fingerprint density at radius 1 is 0.971 bits per heavy atom. The Labute approximate surface area is 202 Å². The van der Waals surface area contributed by atoms with Gasteiger partial charge in [0, 0.05) is 30.2 Å². The highest BCUT2D eigenvalue weighted by atomic mass is 16.2. The number of likely N-dealkylation sites (tertiary alicyclic amines) is 1. The van der Waals surface area contributed by atoms with Crippen molar-refractivity contribution in [1.82, 2.24) is 20.9 Å². The van der Waals surface area contributed by atoms with Gasteiger partial charge in [-0.1, -0.05) is 18.2 Å². The predicted octanol–water partition coefficient (Wildman–Crippen LogP) is 3.37.